The molecule has 0 saturated carbocycles. The Kier molecular flexibility index (Phi) is 4.80. The molecule has 0 bridgehead atoms. The molecule has 0 amide bonds. The number of aryl methyl sites for hydroxylation is 1. The molecule has 0 aliphatic carbocycles. The van der Waals surface area contributed by atoms with Crippen molar-refractivity contribution < 1.29 is 4.74 Å². The fourth-order valence-electron chi connectivity index (χ4n) is 4.62. The molecule has 160 valence electrons. The van der Waals surface area contributed by atoms with E-state index in [1.807, 2.05) is 37.3 Å². The van der Waals surface area contributed by atoms with Gasteiger partial charge in [-0.05, 0) is 37.8 Å². The molecule has 2 fully saturated rings. The highest BCUT2D eigenvalue weighted by Crippen LogP contribution is 2.40. The Morgan fingerprint density at radius 1 is 1.19 bits per heavy atom. The maximum atomic E-state index is 12.9. The van der Waals surface area contributed by atoms with Gasteiger partial charge in [0.05, 0.1) is 19.0 Å². The monoisotopic (exact) mass is 418 g/mol. The largest absolute Gasteiger partial charge is 0.376 e. The molecule has 1 spiro atoms. The van der Waals surface area contributed by atoms with Crippen LogP contribution in [0.4, 0.5) is 0 Å². The van der Waals surface area contributed by atoms with Gasteiger partial charge < -0.3 is 15.0 Å². The molecule has 2 saturated heterocycles. The van der Waals surface area contributed by atoms with Gasteiger partial charge in [0.15, 0.2) is 11.3 Å². The van der Waals surface area contributed by atoms with Gasteiger partial charge in [-0.25, -0.2) is 4.98 Å². The van der Waals surface area contributed by atoms with E-state index in [4.69, 9.17) is 15.6 Å². The maximum absolute atomic E-state index is 12.9. The highest BCUT2D eigenvalue weighted by atomic mass is 16.5. The van der Waals surface area contributed by atoms with Crippen molar-refractivity contribution in [2.75, 3.05) is 24.7 Å². The molecule has 8 nitrogen and oxygen atoms in total. The predicted molar refractivity (Wildman–Crippen MR) is 118 cm³/mol. The molecule has 1 aromatic carbocycles. The van der Waals surface area contributed by atoms with Gasteiger partial charge >= 0.3 is 0 Å². The van der Waals surface area contributed by atoms with E-state index in [-0.39, 0.29) is 23.1 Å². The second-order valence-corrected chi connectivity index (χ2v) is 8.57. The third kappa shape index (κ3) is 3.30. The van der Waals surface area contributed by atoms with E-state index in [1.54, 1.807) is 11.8 Å². The number of fused-ring (bicyclic) bond motifs is 1. The smallest absolute Gasteiger partial charge is 0.265 e. The van der Waals surface area contributed by atoms with Gasteiger partial charge in [-0.15, -0.1) is 5.10 Å². The molecular weight excluding hydrogens is 392 g/mol. The fraction of sp³-hybridized carbons (Fsp3) is 0.435. The fourth-order valence-corrected chi connectivity index (χ4v) is 4.62. The summed E-state index contributed by atoms with van der Waals surface area (Å²) < 4.78 is 7.30. The van der Waals surface area contributed by atoms with Crippen molar-refractivity contribution in [2.24, 2.45) is 18.2 Å². The van der Waals surface area contributed by atoms with Crippen LogP contribution in [0.15, 0.2) is 41.5 Å². The topological polar surface area (TPSA) is 91.2 Å². The highest BCUT2D eigenvalue weighted by molar-refractivity contribution is 5.80. The van der Waals surface area contributed by atoms with E-state index in [9.17, 15) is 4.79 Å². The average Bonchev–Trinajstić information content (AvgIpc) is 3.30. The van der Waals surface area contributed by atoms with E-state index in [1.165, 1.54) is 10.9 Å². The first-order valence-corrected chi connectivity index (χ1v) is 10.6. The number of benzene rings is 1. The summed E-state index contributed by atoms with van der Waals surface area (Å²) in [4.78, 5) is 19.2. The standard InChI is InChI=1S/C23H26N6O2/c1-16-20(24)23(14-31-16)10-12-28(13-11-23)29-21-19(22(30)27(2)15-25-21)18(26-29)9-8-17-6-4-3-5-7-17/h3-7,15-16,20H,10-14,24H2,1-2H3/t16-,20+/m0/s1. The number of hydrogen-bond donors (Lipinski definition) is 1. The Bertz CT molecular complexity index is 1230. The highest BCUT2D eigenvalue weighted by Gasteiger charge is 2.47. The number of hydrogen-bond acceptors (Lipinski definition) is 6. The van der Waals surface area contributed by atoms with Gasteiger partial charge in [-0.1, -0.05) is 24.1 Å². The molecule has 31 heavy (non-hydrogen) atoms. The van der Waals surface area contributed by atoms with Crippen LogP contribution in [0.2, 0.25) is 0 Å². The number of ether oxygens (including phenoxy) is 1. The van der Waals surface area contributed by atoms with Crippen molar-refractivity contribution in [2.45, 2.75) is 31.9 Å². The van der Waals surface area contributed by atoms with Crippen LogP contribution < -0.4 is 16.3 Å². The van der Waals surface area contributed by atoms with Crippen LogP contribution in [0.25, 0.3) is 11.0 Å². The molecule has 3 aromatic rings. The van der Waals surface area contributed by atoms with Crippen molar-refractivity contribution in [3.63, 3.8) is 0 Å². The number of nitrogens with two attached hydrogens (primary N) is 1. The summed E-state index contributed by atoms with van der Waals surface area (Å²) in [6.45, 7) is 4.28. The maximum Gasteiger partial charge on any atom is 0.265 e. The minimum atomic E-state index is -0.151. The molecule has 0 radical (unpaired) electrons. The number of aromatic nitrogens is 4. The van der Waals surface area contributed by atoms with Crippen LogP contribution in [0.1, 0.15) is 31.0 Å². The van der Waals surface area contributed by atoms with Crippen LogP contribution in [-0.4, -0.2) is 51.3 Å². The van der Waals surface area contributed by atoms with Crippen molar-refractivity contribution >= 4 is 11.0 Å². The van der Waals surface area contributed by atoms with Gasteiger partial charge in [0, 0.05) is 37.2 Å². The van der Waals surface area contributed by atoms with Crippen LogP contribution in [0, 0.1) is 17.3 Å². The summed E-state index contributed by atoms with van der Waals surface area (Å²) in [5.74, 6) is 6.20. The minimum Gasteiger partial charge on any atom is -0.376 e. The Morgan fingerprint density at radius 3 is 2.61 bits per heavy atom. The van der Waals surface area contributed by atoms with Crippen molar-refractivity contribution in [1.82, 2.24) is 19.4 Å². The first-order chi connectivity index (χ1) is 15.0. The van der Waals surface area contributed by atoms with E-state index >= 15 is 0 Å². The SMILES string of the molecule is C[C@@H]1OCC2(CCN(n3nc(C#Cc4ccccc4)c4c(=O)n(C)cnc43)CC2)[C@@H]1N. The minimum absolute atomic E-state index is 0.0123. The molecule has 8 heteroatoms. The second kappa shape index (κ2) is 7.52. The van der Waals surface area contributed by atoms with E-state index < -0.39 is 0 Å². The number of rotatable bonds is 1. The first kappa shape index (κ1) is 19.8. The normalized spacial score (nSPS) is 22.6. The van der Waals surface area contributed by atoms with Gasteiger partial charge in [0.1, 0.15) is 5.39 Å². The summed E-state index contributed by atoms with van der Waals surface area (Å²) in [5, 5.41) is 7.29. The zero-order chi connectivity index (χ0) is 21.6. The Morgan fingerprint density at radius 2 is 1.94 bits per heavy atom. The van der Waals surface area contributed by atoms with Gasteiger partial charge in [-0.3, -0.25) is 9.80 Å². The Hall–Kier alpha value is -3.15. The van der Waals surface area contributed by atoms with Gasteiger partial charge in [-0.2, -0.15) is 4.79 Å². The van der Waals surface area contributed by atoms with Crippen molar-refractivity contribution in [3.05, 3.63) is 58.3 Å². The molecule has 2 aliphatic heterocycles. The van der Waals surface area contributed by atoms with Crippen molar-refractivity contribution in [3.8, 4) is 11.8 Å². The summed E-state index contributed by atoms with van der Waals surface area (Å²) in [7, 11) is 1.69. The quantitative estimate of drug-likeness (QED) is 0.593. The van der Waals surface area contributed by atoms with Gasteiger partial charge in [0.2, 0.25) is 0 Å². The summed E-state index contributed by atoms with van der Waals surface area (Å²) >= 11 is 0. The number of piperidine rings is 1. The molecular formula is C23H26N6O2. The van der Waals surface area contributed by atoms with Crippen LogP contribution in [0.3, 0.4) is 0 Å². The summed E-state index contributed by atoms with van der Waals surface area (Å²) in [5.41, 5.74) is 8.17. The Labute approximate surface area is 180 Å². The third-order valence-electron chi connectivity index (χ3n) is 6.68. The Balaban J connectivity index is 1.51. The number of nitrogens with zero attached hydrogens (tertiary/aromatic N) is 5. The van der Waals surface area contributed by atoms with E-state index in [0.717, 1.165) is 31.5 Å². The van der Waals surface area contributed by atoms with Crippen molar-refractivity contribution in [1.29, 1.82) is 0 Å². The molecule has 4 heterocycles. The summed E-state index contributed by atoms with van der Waals surface area (Å²) in [6, 6.07) is 9.72. The van der Waals surface area contributed by atoms with Crippen LogP contribution >= 0.6 is 0 Å². The lowest BCUT2D eigenvalue weighted by Gasteiger charge is -2.41. The molecule has 5 rings (SSSR count). The summed E-state index contributed by atoms with van der Waals surface area (Å²) in [6.07, 6.45) is 3.44. The lowest BCUT2D eigenvalue weighted by molar-refractivity contribution is 0.0953. The van der Waals surface area contributed by atoms with E-state index in [0.29, 0.717) is 23.3 Å². The third-order valence-corrected chi connectivity index (χ3v) is 6.68. The predicted octanol–water partition coefficient (Wildman–Crippen LogP) is 0.994. The zero-order valence-corrected chi connectivity index (χ0v) is 17.8. The first-order valence-electron chi connectivity index (χ1n) is 10.6. The van der Waals surface area contributed by atoms with Crippen LogP contribution in [0.5, 0.6) is 0 Å². The average molecular weight is 419 g/mol. The second-order valence-electron chi connectivity index (χ2n) is 8.57. The molecule has 2 aromatic heterocycles. The molecule has 2 aliphatic rings. The molecule has 0 unspecified atom stereocenters. The van der Waals surface area contributed by atoms with E-state index in [2.05, 4.69) is 21.8 Å². The van der Waals surface area contributed by atoms with Gasteiger partial charge in [0.25, 0.3) is 5.56 Å². The lowest BCUT2D eigenvalue weighted by atomic mass is 9.74. The lowest BCUT2D eigenvalue weighted by Crippen LogP contribution is -2.53. The molecule has 2 N–H and O–H groups in total. The molecule has 2 atom stereocenters. The zero-order valence-electron chi connectivity index (χ0n) is 17.8. The van der Waals surface area contributed by atoms with Crippen LogP contribution in [-0.2, 0) is 11.8 Å².